The molecule has 0 bridgehead atoms. The first-order valence-corrected chi connectivity index (χ1v) is 24.0. The maximum Gasteiger partial charge on any atom is 0.305 e. The maximum absolute atomic E-state index is 11.9. The minimum Gasteiger partial charge on any atom is -0.466 e. The first kappa shape index (κ1) is 38.5. The lowest BCUT2D eigenvalue weighted by Crippen LogP contribution is -2.49. The SMILES string of the molecule is C=C1/C(=C/C=C2\CCC[C@]3(C)C2CC[C@H]3[C@@H](C)CCCC(=O)OCC)C[C@H](O[Si](C)(C)C(C)(C)C)C[C@H]1O[Si](C)(C)C(C)(C)C. The largest absolute Gasteiger partial charge is 0.466 e. The molecule has 3 saturated carbocycles. The molecule has 1 unspecified atom stereocenters. The van der Waals surface area contributed by atoms with Gasteiger partial charge < -0.3 is 13.6 Å². The van der Waals surface area contributed by atoms with Gasteiger partial charge in [0.2, 0.25) is 0 Å². The Morgan fingerprint density at radius 1 is 1.02 bits per heavy atom. The summed E-state index contributed by atoms with van der Waals surface area (Å²) in [5.74, 6) is 1.95. The van der Waals surface area contributed by atoms with Gasteiger partial charge in [-0.2, -0.15) is 0 Å². The van der Waals surface area contributed by atoms with E-state index in [0.717, 1.165) is 31.6 Å². The van der Waals surface area contributed by atoms with E-state index in [0.29, 0.717) is 30.3 Å². The van der Waals surface area contributed by atoms with Gasteiger partial charge in [0, 0.05) is 12.8 Å². The van der Waals surface area contributed by atoms with E-state index >= 15 is 0 Å². The van der Waals surface area contributed by atoms with Gasteiger partial charge in [-0.3, -0.25) is 4.79 Å². The molecule has 0 aliphatic heterocycles. The number of carbonyl (C=O) groups excluding carboxylic acids is 1. The molecule has 258 valence electrons. The molecule has 3 aliphatic carbocycles. The van der Waals surface area contributed by atoms with E-state index in [1.165, 1.54) is 43.3 Å². The van der Waals surface area contributed by atoms with E-state index < -0.39 is 16.6 Å². The number of carbonyl (C=O) groups is 1. The first-order chi connectivity index (χ1) is 20.6. The van der Waals surface area contributed by atoms with Crippen molar-refractivity contribution in [3.05, 3.63) is 35.5 Å². The van der Waals surface area contributed by atoms with Gasteiger partial charge in [0.1, 0.15) is 0 Å². The zero-order valence-electron chi connectivity index (χ0n) is 31.7. The van der Waals surface area contributed by atoms with Gasteiger partial charge in [-0.15, -0.1) is 0 Å². The van der Waals surface area contributed by atoms with Crippen molar-refractivity contribution in [3.8, 4) is 0 Å². The number of rotatable bonds is 11. The summed E-state index contributed by atoms with van der Waals surface area (Å²) in [6, 6.07) is 0. The summed E-state index contributed by atoms with van der Waals surface area (Å²) >= 11 is 0. The van der Waals surface area contributed by atoms with Crippen LogP contribution >= 0.6 is 0 Å². The highest BCUT2D eigenvalue weighted by Crippen LogP contribution is 2.60. The van der Waals surface area contributed by atoms with Crippen LogP contribution in [-0.4, -0.2) is 41.4 Å². The minimum absolute atomic E-state index is 0.0157. The quantitative estimate of drug-likeness (QED) is 0.164. The molecule has 45 heavy (non-hydrogen) atoms. The molecule has 3 aliphatic rings. The molecular formula is C39H70O4Si2. The van der Waals surface area contributed by atoms with Crippen LogP contribution in [0.2, 0.25) is 36.3 Å². The van der Waals surface area contributed by atoms with Gasteiger partial charge >= 0.3 is 5.97 Å². The molecule has 0 amide bonds. The Hall–Kier alpha value is -0.956. The van der Waals surface area contributed by atoms with Crippen molar-refractivity contribution in [2.24, 2.45) is 23.2 Å². The number of ether oxygens (including phenoxy) is 1. The van der Waals surface area contributed by atoms with Gasteiger partial charge in [-0.05, 0) is 129 Å². The smallest absolute Gasteiger partial charge is 0.305 e. The van der Waals surface area contributed by atoms with Crippen molar-refractivity contribution >= 4 is 22.6 Å². The van der Waals surface area contributed by atoms with Crippen LogP contribution in [0.3, 0.4) is 0 Å². The zero-order valence-corrected chi connectivity index (χ0v) is 33.7. The Morgan fingerprint density at radius 2 is 1.64 bits per heavy atom. The molecular weight excluding hydrogens is 589 g/mol. The average Bonchev–Trinajstić information content (AvgIpc) is 3.25. The lowest BCUT2D eigenvalue weighted by molar-refractivity contribution is -0.143. The van der Waals surface area contributed by atoms with Crippen LogP contribution in [0, 0.1) is 23.2 Å². The standard InChI is InChI=1S/C39H70O4Si2/c1-15-41-36(40)20-16-18-28(2)33-23-24-34-30(19-17-25-39(33,34)10)21-22-31-26-32(42-44(11,12)37(4,5)6)27-35(29(31)3)43-45(13,14)38(7,8)9/h21-22,28,32-35H,3,15-20,23-27H2,1-2,4-14H3/b30-21+,31-22+/t28-,32-,33-,34?,35+,39-/m0/s1. The summed E-state index contributed by atoms with van der Waals surface area (Å²) in [5, 5.41) is 0.318. The second-order valence-corrected chi connectivity index (χ2v) is 27.5. The molecule has 0 spiro atoms. The average molecular weight is 659 g/mol. The summed E-state index contributed by atoms with van der Waals surface area (Å²) < 4.78 is 19.3. The number of hydrogen-bond acceptors (Lipinski definition) is 4. The van der Waals surface area contributed by atoms with Crippen LogP contribution in [-0.2, 0) is 18.4 Å². The van der Waals surface area contributed by atoms with Crippen LogP contribution in [0.5, 0.6) is 0 Å². The molecule has 6 heteroatoms. The van der Waals surface area contributed by atoms with Crippen LogP contribution in [0.4, 0.5) is 0 Å². The Labute approximate surface area is 280 Å². The number of hydrogen-bond donors (Lipinski definition) is 0. The van der Waals surface area contributed by atoms with Crippen molar-refractivity contribution in [2.45, 2.75) is 175 Å². The van der Waals surface area contributed by atoms with Crippen molar-refractivity contribution in [2.75, 3.05) is 6.61 Å². The highest BCUT2D eigenvalue weighted by Gasteiger charge is 2.50. The van der Waals surface area contributed by atoms with Gasteiger partial charge in [0.05, 0.1) is 18.8 Å². The molecule has 6 atom stereocenters. The summed E-state index contributed by atoms with van der Waals surface area (Å²) in [4.78, 5) is 11.9. The molecule has 3 rings (SSSR count). The fourth-order valence-electron chi connectivity index (χ4n) is 7.98. The third-order valence-electron chi connectivity index (χ3n) is 12.8. The molecule has 0 saturated heterocycles. The predicted molar refractivity (Wildman–Crippen MR) is 196 cm³/mol. The van der Waals surface area contributed by atoms with Crippen LogP contribution in [0.1, 0.15) is 127 Å². The normalized spacial score (nSPS) is 30.9. The van der Waals surface area contributed by atoms with E-state index in [1.807, 2.05) is 6.92 Å². The topological polar surface area (TPSA) is 44.8 Å². The maximum atomic E-state index is 11.9. The molecule has 0 radical (unpaired) electrons. The molecule has 0 aromatic heterocycles. The Balaban J connectivity index is 1.84. The van der Waals surface area contributed by atoms with Crippen LogP contribution in [0.15, 0.2) is 35.5 Å². The molecule has 0 aromatic rings. The van der Waals surface area contributed by atoms with Gasteiger partial charge in [-0.25, -0.2) is 0 Å². The summed E-state index contributed by atoms with van der Waals surface area (Å²) in [7, 11) is -3.92. The Kier molecular flexibility index (Phi) is 12.5. The van der Waals surface area contributed by atoms with E-state index in [1.54, 1.807) is 5.57 Å². The fourth-order valence-corrected chi connectivity index (χ4v) is 10.7. The van der Waals surface area contributed by atoms with Crippen molar-refractivity contribution in [1.29, 1.82) is 0 Å². The first-order valence-electron chi connectivity index (χ1n) is 18.2. The van der Waals surface area contributed by atoms with Crippen LogP contribution in [0.25, 0.3) is 0 Å². The minimum atomic E-state index is -1.98. The third kappa shape index (κ3) is 9.15. The second kappa shape index (κ2) is 14.7. The lowest BCUT2D eigenvalue weighted by Gasteiger charge is -2.46. The van der Waals surface area contributed by atoms with Crippen molar-refractivity contribution in [3.63, 3.8) is 0 Å². The number of fused-ring (bicyclic) bond motifs is 1. The Bertz CT molecular complexity index is 1110. The van der Waals surface area contributed by atoms with E-state index in [2.05, 4.69) is 100 Å². The molecule has 0 aromatic carbocycles. The summed E-state index contributed by atoms with van der Waals surface area (Å²) in [6.07, 6.45) is 15.9. The van der Waals surface area contributed by atoms with Crippen molar-refractivity contribution in [1.82, 2.24) is 0 Å². The van der Waals surface area contributed by atoms with Gasteiger partial charge in [0.15, 0.2) is 16.6 Å². The van der Waals surface area contributed by atoms with Crippen LogP contribution < -0.4 is 0 Å². The van der Waals surface area contributed by atoms with Gasteiger partial charge in [-0.1, -0.05) is 79.7 Å². The molecule has 0 N–H and O–H groups in total. The highest BCUT2D eigenvalue weighted by atomic mass is 28.4. The van der Waals surface area contributed by atoms with E-state index in [-0.39, 0.29) is 28.3 Å². The van der Waals surface area contributed by atoms with E-state index in [9.17, 15) is 4.79 Å². The fraction of sp³-hybridized carbons (Fsp3) is 0.821. The lowest BCUT2D eigenvalue weighted by atomic mass is 9.60. The summed E-state index contributed by atoms with van der Waals surface area (Å²) in [5.41, 5.74) is 4.48. The third-order valence-corrected chi connectivity index (χ3v) is 21.8. The number of esters is 1. The zero-order chi connectivity index (χ0) is 34.0. The second-order valence-electron chi connectivity index (χ2n) is 18.0. The monoisotopic (exact) mass is 658 g/mol. The van der Waals surface area contributed by atoms with Gasteiger partial charge in [0.25, 0.3) is 0 Å². The number of allylic oxidation sites excluding steroid dienone is 3. The Morgan fingerprint density at radius 3 is 2.24 bits per heavy atom. The molecule has 4 nitrogen and oxygen atoms in total. The highest BCUT2D eigenvalue weighted by molar-refractivity contribution is 6.74. The molecule has 0 heterocycles. The predicted octanol–water partition coefficient (Wildman–Crippen LogP) is 11.6. The molecule has 3 fully saturated rings. The van der Waals surface area contributed by atoms with Crippen molar-refractivity contribution < 1.29 is 18.4 Å². The summed E-state index contributed by atoms with van der Waals surface area (Å²) in [6.45, 7) is 35.5. The van der Waals surface area contributed by atoms with E-state index in [4.69, 9.17) is 13.6 Å².